The molecule has 2 aromatic rings. The lowest BCUT2D eigenvalue weighted by Crippen LogP contribution is -2.29. The summed E-state index contributed by atoms with van der Waals surface area (Å²) in [5, 5.41) is 4.55. The SMILES string of the molecule is Cc1cc(/C=C/C(=O)O[C@H](C)C(=O)Nc2sccc2C(N)=O)c(C)n1C1CC1. The van der Waals surface area contributed by atoms with Gasteiger partial charge < -0.3 is 20.4 Å². The van der Waals surface area contributed by atoms with E-state index in [-0.39, 0.29) is 5.56 Å². The molecule has 1 atom stereocenters. The van der Waals surface area contributed by atoms with E-state index < -0.39 is 23.9 Å². The molecule has 3 rings (SSSR count). The number of hydrogen-bond acceptors (Lipinski definition) is 5. The number of rotatable bonds is 7. The highest BCUT2D eigenvalue weighted by Gasteiger charge is 2.26. The molecule has 0 aromatic carbocycles. The van der Waals surface area contributed by atoms with Gasteiger partial charge in [0.1, 0.15) is 5.00 Å². The number of amides is 2. The van der Waals surface area contributed by atoms with Gasteiger partial charge >= 0.3 is 5.97 Å². The third kappa shape index (κ3) is 4.33. The molecule has 1 saturated carbocycles. The second kappa shape index (κ2) is 8.02. The number of aryl methyl sites for hydroxylation is 1. The minimum Gasteiger partial charge on any atom is -0.449 e. The predicted molar refractivity (Wildman–Crippen MR) is 108 cm³/mol. The average Bonchev–Trinajstić information content (AvgIpc) is 3.27. The van der Waals surface area contributed by atoms with Gasteiger partial charge in [-0.25, -0.2) is 4.79 Å². The molecule has 1 aliphatic carbocycles. The van der Waals surface area contributed by atoms with Crippen molar-refractivity contribution in [2.24, 2.45) is 5.73 Å². The van der Waals surface area contributed by atoms with Crippen molar-refractivity contribution in [3.8, 4) is 0 Å². The first-order valence-corrected chi connectivity index (χ1v) is 9.91. The van der Waals surface area contributed by atoms with Crippen LogP contribution in [-0.4, -0.2) is 28.5 Å². The van der Waals surface area contributed by atoms with E-state index >= 15 is 0 Å². The van der Waals surface area contributed by atoms with E-state index in [4.69, 9.17) is 10.5 Å². The summed E-state index contributed by atoms with van der Waals surface area (Å²) < 4.78 is 7.45. The maximum absolute atomic E-state index is 12.2. The smallest absolute Gasteiger partial charge is 0.331 e. The second-order valence-corrected chi connectivity index (χ2v) is 7.77. The Bertz CT molecular complexity index is 953. The number of thiophene rings is 1. The largest absolute Gasteiger partial charge is 0.449 e. The van der Waals surface area contributed by atoms with Crippen LogP contribution in [0.5, 0.6) is 0 Å². The average molecular weight is 401 g/mol. The van der Waals surface area contributed by atoms with E-state index in [1.165, 1.54) is 48.9 Å². The third-order valence-electron chi connectivity index (χ3n) is 4.66. The quantitative estimate of drug-likeness (QED) is 0.549. The number of primary amides is 1. The number of ether oxygens (including phenoxy) is 1. The van der Waals surface area contributed by atoms with Crippen LogP contribution in [0.2, 0.25) is 0 Å². The zero-order chi connectivity index (χ0) is 20.4. The number of esters is 1. The molecule has 0 aliphatic heterocycles. The number of carbonyl (C=O) groups excluding carboxylic acids is 3. The highest BCUT2D eigenvalue weighted by atomic mass is 32.1. The highest BCUT2D eigenvalue weighted by Crippen LogP contribution is 2.38. The van der Waals surface area contributed by atoms with Gasteiger partial charge in [-0.3, -0.25) is 9.59 Å². The molecule has 148 valence electrons. The molecule has 8 heteroatoms. The summed E-state index contributed by atoms with van der Waals surface area (Å²) in [7, 11) is 0. The van der Waals surface area contributed by atoms with Gasteiger partial charge in [-0.15, -0.1) is 11.3 Å². The molecule has 2 heterocycles. The van der Waals surface area contributed by atoms with Gasteiger partial charge in [0, 0.05) is 23.5 Å². The van der Waals surface area contributed by atoms with Crippen molar-refractivity contribution in [2.45, 2.75) is 45.8 Å². The van der Waals surface area contributed by atoms with Crippen molar-refractivity contribution < 1.29 is 19.1 Å². The van der Waals surface area contributed by atoms with Gasteiger partial charge in [-0.05, 0) is 62.8 Å². The van der Waals surface area contributed by atoms with Gasteiger partial charge in [-0.2, -0.15) is 0 Å². The molecule has 28 heavy (non-hydrogen) atoms. The topological polar surface area (TPSA) is 103 Å². The van der Waals surface area contributed by atoms with Crippen LogP contribution in [-0.2, 0) is 14.3 Å². The number of nitrogens with two attached hydrogens (primary N) is 1. The fourth-order valence-corrected chi connectivity index (χ4v) is 3.90. The van der Waals surface area contributed by atoms with Gasteiger partial charge in [0.25, 0.3) is 11.8 Å². The van der Waals surface area contributed by atoms with E-state index in [1.807, 2.05) is 13.0 Å². The first kappa shape index (κ1) is 19.9. The van der Waals surface area contributed by atoms with E-state index in [2.05, 4.69) is 16.8 Å². The van der Waals surface area contributed by atoms with Crippen LogP contribution in [0.1, 0.15) is 53.1 Å². The number of nitrogens with zero attached hydrogens (tertiary/aromatic N) is 1. The van der Waals surface area contributed by atoms with Crippen LogP contribution in [0.15, 0.2) is 23.6 Å². The van der Waals surface area contributed by atoms with Crippen molar-refractivity contribution in [3.63, 3.8) is 0 Å². The lowest BCUT2D eigenvalue weighted by Gasteiger charge is -2.12. The van der Waals surface area contributed by atoms with Gasteiger partial charge in [-0.1, -0.05) is 0 Å². The van der Waals surface area contributed by atoms with Crippen LogP contribution in [0, 0.1) is 13.8 Å². The summed E-state index contributed by atoms with van der Waals surface area (Å²) in [5.41, 5.74) is 8.73. The molecular weight excluding hydrogens is 378 g/mol. The Morgan fingerprint density at radius 2 is 2.07 bits per heavy atom. The van der Waals surface area contributed by atoms with Crippen LogP contribution >= 0.6 is 11.3 Å². The molecular formula is C20H23N3O4S. The molecule has 1 aliphatic rings. The Hall–Kier alpha value is -2.87. The fraction of sp³-hybridized carbons (Fsp3) is 0.350. The van der Waals surface area contributed by atoms with E-state index in [1.54, 1.807) is 11.5 Å². The Morgan fingerprint density at radius 1 is 1.36 bits per heavy atom. The zero-order valence-electron chi connectivity index (χ0n) is 16.0. The maximum Gasteiger partial charge on any atom is 0.331 e. The molecule has 0 unspecified atom stereocenters. The van der Waals surface area contributed by atoms with Crippen molar-refractivity contribution in [1.29, 1.82) is 0 Å². The monoisotopic (exact) mass is 401 g/mol. The number of aromatic nitrogens is 1. The summed E-state index contributed by atoms with van der Waals surface area (Å²) in [5.74, 6) is -1.77. The molecule has 7 nitrogen and oxygen atoms in total. The molecule has 0 radical (unpaired) electrons. The van der Waals surface area contributed by atoms with Gasteiger partial charge in [0.05, 0.1) is 5.56 Å². The van der Waals surface area contributed by atoms with E-state index in [0.717, 1.165) is 11.3 Å². The second-order valence-electron chi connectivity index (χ2n) is 6.86. The van der Waals surface area contributed by atoms with E-state index in [0.29, 0.717) is 11.0 Å². The summed E-state index contributed by atoms with van der Waals surface area (Å²) in [6.45, 7) is 5.56. The zero-order valence-corrected chi connectivity index (χ0v) is 16.8. The number of carbonyl (C=O) groups is 3. The van der Waals surface area contributed by atoms with Crippen molar-refractivity contribution in [2.75, 3.05) is 5.32 Å². The number of anilines is 1. The first-order valence-electron chi connectivity index (χ1n) is 9.03. The maximum atomic E-state index is 12.2. The van der Waals surface area contributed by atoms with Crippen molar-refractivity contribution in [1.82, 2.24) is 4.57 Å². The Morgan fingerprint density at radius 3 is 2.71 bits per heavy atom. The van der Waals surface area contributed by atoms with Crippen molar-refractivity contribution >= 4 is 40.2 Å². The molecule has 2 aromatic heterocycles. The number of nitrogens with one attached hydrogen (secondary N) is 1. The first-order chi connectivity index (χ1) is 13.3. The van der Waals surface area contributed by atoms with Crippen LogP contribution < -0.4 is 11.1 Å². The van der Waals surface area contributed by atoms with Gasteiger partial charge in [0.15, 0.2) is 6.10 Å². The van der Waals surface area contributed by atoms with Gasteiger partial charge in [0.2, 0.25) is 0 Å². The molecule has 0 spiro atoms. The van der Waals surface area contributed by atoms with Crippen molar-refractivity contribution in [3.05, 3.63) is 46.1 Å². The molecule has 2 amide bonds. The Balaban J connectivity index is 1.59. The summed E-state index contributed by atoms with van der Waals surface area (Å²) >= 11 is 1.17. The fourth-order valence-electron chi connectivity index (χ4n) is 3.10. The van der Waals surface area contributed by atoms with E-state index in [9.17, 15) is 14.4 Å². The van der Waals surface area contributed by atoms with Crippen LogP contribution in [0.4, 0.5) is 5.00 Å². The molecule has 0 bridgehead atoms. The third-order valence-corrected chi connectivity index (χ3v) is 5.49. The number of hydrogen-bond donors (Lipinski definition) is 2. The lowest BCUT2D eigenvalue weighted by atomic mass is 10.2. The summed E-state index contributed by atoms with van der Waals surface area (Å²) in [4.78, 5) is 35.6. The predicted octanol–water partition coefficient (Wildman–Crippen LogP) is 3.18. The standard InChI is InChI=1S/C20H23N3O4S/c1-11-10-14(12(2)23(11)15-5-6-15)4-7-17(24)27-13(3)19(26)22-20-16(18(21)25)8-9-28-20/h4,7-10,13,15H,5-6H2,1-3H3,(H2,21,25)(H,22,26)/b7-4+/t13-/m1/s1. The Kier molecular flexibility index (Phi) is 5.69. The summed E-state index contributed by atoms with van der Waals surface area (Å²) in [6, 6.07) is 4.14. The van der Waals surface area contributed by atoms with Crippen LogP contribution in [0.3, 0.4) is 0 Å². The Labute approximate surface area is 167 Å². The summed E-state index contributed by atoms with van der Waals surface area (Å²) in [6.07, 6.45) is 4.39. The van der Waals surface area contributed by atoms with Crippen LogP contribution in [0.25, 0.3) is 6.08 Å². The lowest BCUT2D eigenvalue weighted by molar-refractivity contribution is -0.148. The molecule has 1 fully saturated rings. The minimum absolute atomic E-state index is 0.225. The molecule has 3 N–H and O–H groups in total. The normalized spacial score (nSPS) is 14.8. The molecule has 0 saturated heterocycles. The highest BCUT2D eigenvalue weighted by molar-refractivity contribution is 7.14. The minimum atomic E-state index is -1.01.